The van der Waals surface area contributed by atoms with Gasteiger partial charge in [0.15, 0.2) is 0 Å². The standard InChI is InChI=1S/C23H17FN6OS/c1-14-20(11-28-30(14)19-4-5-31-13-19)16-7-22(23-17(9-26)10-27-29(23)12-16)32-21-3-2-18(24)6-15(21)8-25/h2-3,6-7,10-12,19H,4-5,13H2,1H3. The molecule has 9 heteroatoms. The Bertz CT molecular complexity index is 1420. The molecule has 5 rings (SSSR count). The van der Waals surface area contributed by atoms with Crippen molar-refractivity contribution in [3.05, 3.63) is 65.5 Å². The fraction of sp³-hybridized carbons (Fsp3) is 0.217. The zero-order chi connectivity index (χ0) is 22.2. The molecule has 0 N–H and O–H groups in total. The van der Waals surface area contributed by atoms with E-state index in [1.807, 2.05) is 36.1 Å². The molecule has 0 bridgehead atoms. The predicted molar refractivity (Wildman–Crippen MR) is 116 cm³/mol. The highest BCUT2D eigenvalue weighted by molar-refractivity contribution is 7.99. The minimum Gasteiger partial charge on any atom is -0.379 e. The Kier molecular flexibility index (Phi) is 5.14. The zero-order valence-electron chi connectivity index (χ0n) is 17.1. The molecule has 0 saturated carbocycles. The van der Waals surface area contributed by atoms with Crippen LogP contribution in [0.15, 0.2) is 52.6 Å². The normalized spacial score (nSPS) is 15.7. The summed E-state index contributed by atoms with van der Waals surface area (Å²) in [4.78, 5) is 1.35. The largest absolute Gasteiger partial charge is 0.379 e. The van der Waals surface area contributed by atoms with Crippen LogP contribution in [0, 0.1) is 35.4 Å². The number of benzene rings is 1. The Hall–Kier alpha value is -3.66. The van der Waals surface area contributed by atoms with Crippen LogP contribution in [0.3, 0.4) is 0 Å². The maximum absolute atomic E-state index is 13.6. The van der Waals surface area contributed by atoms with Crippen molar-refractivity contribution in [3.63, 3.8) is 0 Å². The van der Waals surface area contributed by atoms with Gasteiger partial charge in [-0.15, -0.1) is 0 Å². The molecule has 7 nitrogen and oxygen atoms in total. The fourth-order valence-corrected chi connectivity index (χ4v) is 5.05. The maximum Gasteiger partial charge on any atom is 0.124 e. The third-order valence-electron chi connectivity index (χ3n) is 5.59. The lowest BCUT2D eigenvalue weighted by Gasteiger charge is -2.12. The first-order valence-electron chi connectivity index (χ1n) is 10.00. The third kappa shape index (κ3) is 3.42. The molecule has 1 atom stereocenters. The Balaban J connectivity index is 1.64. The molecule has 0 amide bonds. The van der Waals surface area contributed by atoms with E-state index in [0.717, 1.165) is 34.7 Å². The van der Waals surface area contributed by atoms with E-state index >= 15 is 0 Å². The first-order chi connectivity index (χ1) is 15.6. The molecule has 0 spiro atoms. The lowest BCUT2D eigenvalue weighted by Crippen LogP contribution is -2.11. The second-order valence-corrected chi connectivity index (χ2v) is 8.60. The van der Waals surface area contributed by atoms with E-state index in [-0.39, 0.29) is 11.6 Å². The highest BCUT2D eigenvalue weighted by Gasteiger charge is 2.22. The van der Waals surface area contributed by atoms with Gasteiger partial charge in [-0.25, -0.2) is 8.91 Å². The Labute approximate surface area is 187 Å². The van der Waals surface area contributed by atoms with Crippen LogP contribution in [0.2, 0.25) is 0 Å². The van der Waals surface area contributed by atoms with Crippen molar-refractivity contribution >= 4 is 17.3 Å². The van der Waals surface area contributed by atoms with Gasteiger partial charge in [0.1, 0.15) is 18.0 Å². The van der Waals surface area contributed by atoms with Gasteiger partial charge in [-0.1, -0.05) is 11.8 Å². The van der Waals surface area contributed by atoms with Gasteiger partial charge in [0.05, 0.1) is 41.7 Å². The molecule has 1 fully saturated rings. The lowest BCUT2D eigenvalue weighted by atomic mass is 10.1. The minimum atomic E-state index is -0.467. The van der Waals surface area contributed by atoms with E-state index in [4.69, 9.17) is 4.74 Å². The van der Waals surface area contributed by atoms with Crippen molar-refractivity contribution in [2.75, 3.05) is 13.2 Å². The number of fused-ring (bicyclic) bond motifs is 1. The quantitative estimate of drug-likeness (QED) is 0.460. The first kappa shape index (κ1) is 20.3. The van der Waals surface area contributed by atoms with E-state index in [9.17, 15) is 14.9 Å². The number of rotatable bonds is 4. The van der Waals surface area contributed by atoms with Gasteiger partial charge in [0.2, 0.25) is 0 Å². The highest BCUT2D eigenvalue weighted by atomic mass is 32.2. The summed E-state index contributed by atoms with van der Waals surface area (Å²) in [5.74, 6) is -0.467. The van der Waals surface area contributed by atoms with E-state index in [1.165, 1.54) is 30.1 Å². The highest BCUT2D eigenvalue weighted by Crippen LogP contribution is 2.38. The number of aromatic nitrogens is 4. The molecular weight excluding hydrogens is 427 g/mol. The van der Waals surface area contributed by atoms with Crippen LogP contribution in [-0.2, 0) is 4.74 Å². The van der Waals surface area contributed by atoms with Crippen LogP contribution < -0.4 is 0 Å². The Morgan fingerprint density at radius 2 is 1.97 bits per heavy atom. The second kappa shape index (κ2) is 8.12. The predicted octanol–water partition coefficient (Wildman–Crippen LogP) is 4.50. The molecule has 0 radical (unpaired) electrons. The van der Waals surface area contributed by atoms with Crippen LogP contribution in [-0.4, -0.2) is 32.6 Å². The number of ether oxygens (including phenoxy) is 1. The smallest absolute Gasteiger partial charge is 0.124 e. The van der Waals surface area contributed by atoms with Crippen LogP contribution in [0.25, 0.3) is 16.6 Å². The van der Waals surface area contributed by atoms with Crippen LogP contribution in [0.5, 0.6) is 0 Å². The summed E-state index contributed by atoms with van der Waals surface area (Å²) in [6, 6.07) is 10.5. The summed E-state index contributed by atoms with van der Waals surface area (Å²) in [5, 5.41) is 28.0. The topological polar surface area (TPSA) is 91.9 Å². The van der Waals surface area contributed by atoms with Gasteiger partial charge in [0, 0.05) is 39.4 Å². The molecule has 3 aromatic heterocycles. The number of hydrogen-bond acceptors (Lipinski definition) is 6. The maximum atomic E-state index is 13.6. The lowest BCUT2D eigenvalue weighted by molar-refractivity contribution is 0.184. The van der Waals surface area contributed by atoms with Gasteiger partial charge >= 0.3 is 0 Å². The SMILES string of the molecule is Cc1c(-c2cc(Sc3ccc(F)cc3C#N)c3c(C#N)cnn3c2)cnn1C1CCOC1. The summed E-state index contributed by atoms with van der Waals surface area (Å²) in [6.45, 7) is 3.40. The molecule has 1 aromatic carbocycles. The van der Waals surface area contributed by atoms with E-state index in [1.54, 1.807) is 10.6 Å². The molecule has 4 heterocycles. The number of nitriles is 2. The van der Waals surface area contributed by atoms with Crippen molar-refractivity contribution < 1.29 is 9.13 Å². The molecule has 4 aromatic rings. The van der Waals surface area contributed by atoms with E-state index in [0.29, 0.717) is 22.6 Å². The number of nitrogens with zero attached hydrogens (tertiary/aromatic N) is 6. The summed E-state index contributed by atoms with van der Waals surface area (Å²) in [7, 11) is 0. The van der Waals surface area contributed by atoms with Crippen molar-refractivity contribution in [1.82, 2.24) is 19.4 Å². The molecule has 1 aliphatic rings. The van der Waals surface area contributed by atoms with Crippen LogP contribution in [0.1, 0.15) is 29.3 Å². The minimum absolute atomic E-state index is 0.216. The van der Waals surface area contributed by atoms with Crippen molar-refractivity contribution in [3.8, 4) is 23.3 Å². The second-order valence-electron chi connectivity index (χ2n) is 7.52. The Morgan fingerprint density at radius 3 is 2.72 bits per heavy atom. The van der Waals surface area contributed by atoms with Crippen LogP contribution in [0.4, 0.5) is 4.39 Å². The molecule has 0 aliphatic carbocycles. The van der Waals surface area contributed by atoms with Gasteiger partial charge in [0.25, 0.3) is 0 Å². The average molecular weight is 444 g/mol. The molecular formula is C23H17FN6OS. The summed E-state index contributed by atoms with van der Waals surface area (Å²) in [6.07, 6.45) is 6.14. The van der Waals surface area contributed by atoms with Gasteiger partial charge in [-0.05, 0) is 37.6 Å². The van der Waals surface area contributed by atoms with Crippen molar-refractivity contribution in [2.45, 2.75) is 29.2 Å². The molecule has 158 valence electrons. The van der Waals surface area contributed by atoms with Gasteiger partial charge in [-0.2, -0.15) is 20.7 Å². The Morgan fingerprint density at radius 1 is 1.12 bits per heavy atom. The first-order valence-corrected chi connectivity index (χ1v) is 10.8. The summed E-state index contributed by atoms with van der Waals surface area (Å²) in [5.41, 5.74) is 4.16. The number of pyridine rings is 1. The molecule has 1 saturated heterocycles. The van der Waals surface area contributed by atoms with Crippen molar-refractivity contribution in [1.29, 1.82) is 10.5 Å². The molecule has 32 heavy (non-hydrogen) atoms. The van der Waals surface area contributed by atoms with E-state index in [2.05, 4.69) is 16.3 Å². The van der Waals surface area contributed by atoms with Gasteiger partial charge in [-0.3, -0.25) is 4.68 Å². The molecule has 1 aliphatic heterocycles. The number of hydrogen-bond donors (Lipinski definition) is 0. The van der Waals surface area contributed by atoms with E-state index < -0.39 is 5.82 Å². The number of halogens is 1. The molecule has 1 unspecified atom stereocenters. The summed E-state index contributed by atoms with van der Waals surface area (Å²) < 4.78 is 22.8. The monoisotopic (exact) mass is 444 g/mol. The third-order valence-corrected chi connectivity index (χ3v) is 6.69. The fourth-order valence-electron chi connectivity index (χ4n) is 3.98. The average Bonchev–Trinajstić information content (AvgIpc) is 3.54. The van der Waals surface area contributed by atoms with Crippen LogP contribution >= 0.6 is 11.8 Å². The summed E-state index contributed by atoms with van der Waals surface area (Å²) >= 11 is 1.31. The van der Waals surface area contributed by atoms with Gasteiger partial charge < -0.3 is 4.74 Å². The van der Waals surface area contributed by atoms with Crippen molar-refractivity contribution in [2.24, 2.45) is 0 Å². The zero-order valence-corrected chi connectivity index (χ0v) is 17.9.